The topological polar surface area (TPSA) is 39.3 Å². The van der Waals surface area contributed by atoms with Crippen molar-refractivity contribution in [3.05, 3.63) is 81.3 Å². The van der Waals surface area contributed by atoms with Gasteiger partial charge in [-0.25, -0.2) is 9.38 Å². The van der Waals surface area contributed by atoms with Crippen LogP contribution in [0, 0.1) is 19.1 Å². The maximum atomic E-state index is 13.3. The third-order valence-electron chi connectivity index (χ3n) is 5.06. The summed E-state index contributed by atoms with van der Waals surface area (Å²) in [4.78, 5) is 18.3. The van der Waals surface area contributed by atoms with Crippen molar-refractivity contribution < 1.29 is 0 Å². The average Bonchev–Trinajstić information content (AvgIpc) is 2.95. The van der Waals surface area contributed by atoms with Crippen LogP contribution in [0.2, 0.25) is 0 Å². The summed E-state index contributed by atoms with van der Waals surface area (Å²) in [6.07, 6.45) is 0.685. The molecule has 4 rings (SSSR count). The molecule has 0 bridgehead atoms. The highest BCUT2D eigenvalue weighted by Crippen LogP contribution is 2.24. The van der Waals surface area contributed by atoms with Gasteiger partial charge >= 0.3 is 0 Å². The van der Waals surface area contributed by atoms with Crippen molar-refractivity contribution in [1.82, 2.24) is 14.0 Å². The Balaban J connectivity index is 2.13. The number of aromatic nitrogens is 3. The first-order valence-electron chi connectivity index (χ1n) is 9.42. The van der Waals surface area contributed by atoms with Gasteiger partial charge in [-0.05, 0) is 60.7 Å². The van der Waals surface area contributed by atoms with Crippen LogP contribution in [0.15, 0.2) is 41.2 Å². The summed E-state index contributed by atoms with van der Waals surface area (Å²) in [6.45, 7) is 8.92. The standard InChI is InChI=1S/C23H23N3O/c1-5-18-21(15(2)3)24-23-25(14-17-9-7-6-8-10-17)20-13-16(4)11-12-19(20)26(23)22(18)27/h7,9-13,15H,5,14H2,1-4H3. The molecule has 2 aromatic heterocycles. The smallest absolute Gasteiger partial charge is 0.263 e. The fourth-order valence-corrected chi connectivity index (χ4v) is 3.73. The molecule has 0 N–H and O–H groups in total. The molecule has 0 unspecified atom stereocenters. The van der Waals surface area contributed by atoms with E-state index in [1.807, 2.05) is 37.3 Å². The fraction of sp³-hybridized carbons (Fsp3) is 0.304. The Kier molecular flexibility index (Phi) is 4.24. The lowest BCUT2D eigenvalue weighted by molar-refractivity contribution is 0.760. The van der Waals surface area contributed by atoms with E-state index in [4.69, 9.17) is 4.98 Å². The van der Waals surface area contributed by atoms with E-state index in [0.717, 1.165) is 33.4 Å². The molecule has 4 nitrogen and oxygen atoms in total. The summed E-state index contributed by atoms with van der Waals surface area (Å²) in [5, 5.41) is 0. The molecule has 2 heterocycles. The van der Waals surface area contributed by atoms with Crippen molar-refractivity contribution in [2.24, 2.45) is 0 Å². The second-order valence-corrected chi connectivity index (χ2v) is 7.34. The van der Waals surface area contributed by atoms with Crippen molar-refractivity contribution in [1.29, 1.82) is 0 Å². The minimum absolute atomic E-state index is 0.0479. The summed E-state index contributed by atoms with van der Waals surface area (Å²) in [6, 6.07) is 18.0. The summed E-state index contributed by atoms with van der Waals surface area (Å²) in [5.74, 6) is 0.903. The van der Waals surface area contributed by atoms with Crippen molar-refractivity contribution in [2.45, 2.75) is 46.6 Å². The van der Waals surface area contributed by atoms with Gasteiger partial charge in [-0.1, -0.05) is 39.0 Å². The SMILES string of the molecule is CCc1c(C(C)C)nc2n(Cc3cc#ccc3)c3cc(C)ccc3n2c1=O. The molecule has 2 aromatic carbocycles. The fourth-order valence-electron chi connectivity index (χ4n) is 3.73. The van der Waals surface area contributed by atoms with E-state index in [1.54, 1.807) is 4.40 Å². The number of nitrogens with zero attached hydrogens (tertiary/aromatic N) is 3. The molecule has 27 heavy (non-hydrogen) atoms. The first-order chi connectivity index (χ1) is 13.0. The van der Waals surface area contributed by atoms with Gasteiger partial charge in [0.15, 0.2) is 0 Å². The van der Waals surface area contributed by atoms with E-state index >= 15 is 0 Å². The third-order valence-corrected chi connectivity index (χ3v) is 5.06. The van der Waals surface area contributed by atoms with Crippen molar-refractivity contribution in [3.63, 3.8) is 0 Å². The van der Waals surface area contributed by atoms with Crippen LogP contribution in [0.5, 0.6) is 0 Å². The van der Waals surface area contributed by atoms with E-state index < -0.39 is 0 Å². The summed E-state index contributed by atoms with van der Waals surface area (Å²) >= 11 is 0. The molecule has 0 atom stereocenters. The molecule has 0 saturated heterocycles. The molecular weight excluding hydrogens is 334 g/mol. The zero-order chi connectivity index (χ0) is 19.1. The molecule has 0 aliphatic carbocycles. The quantitative estimate of drug-likeness (QED) is 0.546. The Hall–Kier alpha value is -3.06. The normalized spacial score (nSPS) is 11.4. The van der Waals surface area contributed by atoms with Gasteiger partial charge in [-0.2, -0.15) is 0 Å². The van der Waals surface area contributed by atoms with Gasteiger partial charge in [0.25, 0.3) is 5.56 Å². The van der Waals surface area contributed by atoms with Gasteiger partial charge < -0.3 is 4.57 Å². The second kappa shape index (κ2) is 6.59. The van der Waals surface area contributed by atoms with Crippen molar-refractivity contribution in [2.75, 3.05) is 0 Å². The van der Waals surface area contributed by atoms with E-state index in [-0.39, 0.29) is 11.5 Å². The number of aryl methyl sites for hydroxylation is 1. The van der Waals surface area contributed by atoms with Gasteiger partial charge in [0, 0.05) is 5.56 Å². The van der Waals surface area contributed by atoms with E-state index in [2.05, 4.69) is 43.5 Å². The summed E-state index contributed by atoms with van der Waals surface area (Å²) < 4.78 is 3.91. The van der Waals surface area contributed by atoms with E-state index in [9.17, 15) is 4.79 Å². The van der Waals surface area contributed by atoms with E-state index in [1.165, 1.54) is 0 Å². The predicted molar refractivity (Wildman–Crippen MR) is 108 cm³/mol. The highest BCUT2D eigenvalue weighted by atomic mass is 16.1. The number of benzene rings is 1. The van der Waals surface area contributed by atoms with Crippen molar-refractivity contribution in [3.8, 4) is 0 Å². The van der Waals surface area contributed by atoms with Crippen LogP contribution >= 0.6 is 0 Å². The molecule has 136 valence electrons. The maximum Gasteiger partial charge on any atom is 0.263 e. The van der Waals surface area contributed by atoms with E-state index in [0.29, 0.717) is 18.7 Å². The summed E-state index contributed by atoms with van der Waals surface area (Å²) in [7, 11) is 0. The highest BCUT2D eigenvalue weighted by molar-refractivity contribution is 5.81. The maximum absolute atomic E-state index is 13.3. The molecule has 0 fully saturated rings. The minimum atomic E-state index is 0.0479. The highest BCUT2D eigenvalue weighted by Gasteiger charge is 2.20. The molecule has 0 saturated carbocycles. The monoisotopic (exact) mass is 357 g/mol. The molecule has 0 aliphatic heterocycles. The lowest BCUT2D eigenvalue weighted by atomic mass is 10.0. The number of hydrogen-bond acceptors (Lipinski definition) is 2. The molecule has 0 spiro atoms. The van der Waals surface area contributed by atoms with Crippen molar-refractivity contribution >= 4 is 16.8 Å². The largest absolute Gasteiger partial charge is 0.305 e. The Morgan fingerprint density at radius 3 is 2.63 bits per heavy atom. The zero-order valence-electron chi connectivity index (χ0n) is 16.2. The second-order valence-electron chi connectivity index (χ2n) is 7.34. The predicted octanol–water partition coefficient (Wildman–Crippen LogP) is 4.29. The van der Waals surface area contributed by atoms with Gasteiger partial charge in [-0.15, -0.1) is 0 Å². The Labute approximate surface area is 159 Å². The van der Waals surface area contributed by atoms with Gasteiger partial charge in [0.05, 0.1) is 23.3 Å². The van der Waals surface area contributed by atoms with Crippen LogP contribution in [0.1, 0.15) is 49.1 Å². The zero-order valence-corrected chi connectivity index (χ0v) is 16.2. The number of imidazole rings is 1. The number of fused-ring (bicyclic) bond motifs is 3. The summed E-state index contributed by atoms with van der Waals surface area (Å²) in [5.41, 5.74) is 5.95. The van der Waals surface area contributed by atoms with Crippen LogP contribution in [-0.4, -0.2) is 14.0 Å². The van der Waals surface area contributed by atoms with Gasteiger partial charge in [0.1, 0.15) is 0 Å². The Morgan fingerprint density at radius 1 is 1.15 bits per heavy atom. The lowest BCUT2D eigenvalue weighted by Gasteiger charge is -2.12. The molecule has 0 radical (unpaired) electrons. The first-order valence-corrected chi connectivity index (χ1v) is 9.42. The van der Waals surface area contributed by atoms with Crippen LogP contribution in [0.4, 0.5) is 0 Å². The number of hydrogen-bond donors (Lipinski definition) is 0. The molecule has 4 aromatic rings. The van der Waals surface area contributed by atoms with Crippen LogP contribution in [0.25, 0.3) is 16.8 Å². The van der Waals surface area contributed by atoms with Crippen LogP contribution in [-0.2, 0) is 13.0 Å². The lowest BCUT2D eigenvalue weighted by Crippen LogP contribution is -2.23. The van der Waals surface area contributed by atoms with Crippen LogP contribution < -0.4 is 5.56 Å². The Morgan fingerprint density at radius 2 is 1.96 bits per heavy atom. The molecule has 0 amide bonds. The van der Waals surface area contributed by atoms with Gasteiger partial charge in [0.2, 0.25) is 5.78 Å². The Bertz CT molecular complexity index is 1180. The molecule has 0 aliphatic rings. The third kappa shape index (κ3) is 2.80. The number of rotatable bonds is 4. The molecule has 4 heteroatoms. The average molecular weight is 357 g/mol. The first kappa shape index (κ1) is 17.4. The van der Waals surface area contributed by atoms with Crippen LogP contribution in [0.3, 0.4) is 0 Å². The minimum Gasteiger partial charge on any atom is -0.305 e. The van der Waals surface area contributed by atoms with Gasteiger partial charge in [-0.3, -0.25) is 4.79 Å². The molecular formula is C23H23N3O.